The molecule has 15 heavy (non-hydrogen) atoms. The molecule has 1 aliphatic rings. The maximum Gasteiger partial charge on any atom is 0.0409 e. The van der Waals surface area contributed by atoms with Gasteiger partial charge in [0.1, 0.15) is 0 Å². The summed E-state index contributed by atoms with van der Waals surface area (Å²) in [4.78, 5) is 0. The Kier molecular flexibility index (Phi) is 2.83. The third kappa shape index (κ3) is 1.93. The highest BCUT2D eigenvalue weighted by Gasteiger charge is 2.31. The van der Waals surface area contributed by atoms with Gasteiger partial charge in [-0.25, -0.2) is 0 Å². The monoisotopic (exact) mass is 203 g/mol. The summed E-state index contributed by atoms with van der Waals surface area (Å²) in [7, 11) is 0. The van der Waals surface area contributed by atoms with Crippen LogP contribution in [-0.4, -0.2) is 0 Å². The standard InChI is InChI=1S/C14H21N/c1-3-12-6-7-13(10-11(12)2)14(15)8-4-5-9-14/h6-7,10H,3-5,8-9,15H2,1-2H3. The molecule has 0 amide bonds. The van der Waals surface area contributed by atoms with Gasteiger partial charge in [-0.2, -0.15) is 0 Å². The largest absolute Gasteiger partial charge is 0.321 e. The van der Waals surface area contributed by atoms with Crippen molar-refractivity contribution in [1.82, 2.24) is 0 Å². The first-order valence-electron chi connectivity index (χ1n) is 6.04. The zero-order valence-electron chi connectivity index (χ0n) is 9.84. The molecule has 0 saturated heterocycles. The van der Waals surface area contributed by atoms with Crippen LogP contribution in [-0.2, 0) is 12.0 Å². The average Bonchev–Trinajstić information content (AvgIpc) is 2.66. The Hall–Kier alpha value is -0.820. The van der Waals surface area contributed by atoms with E-state index in [1.165, 1.54) is 29.5 Å². The summed E-state index contributed by atoms with van der Waals surface area (Å²) in [5.74, 6) is 0. The molecule has 1 nitrogen and oxygen atoms in total. The molecule has 1 fully saturated rings. The predicted molar refractivity (Wildman–Crippen MR) is 64.9 cm³/mol. The Morgan fingerprint density at radius 1 is 1.27 bits per heavy atom. The number of benzene rings is 1. The van der Waals surface area contributed by atoms with E-state index in [0.29, 0.717) is 0 Å². The minimum absolute atomic E-state index is 0.0307. The van der Waals surface area contributed by atoms with E-state index in [2.05, 4.69) is 32.0 Å². The van der Waals surface area contributed by atoms with Crippen LogP contribution in [0.15, 0.2) is 18.2 Å². The van der Waals surface area contributed by atoms with Gasteiger partial charge >= 0.3 is 0 Å². The molecular formula is C14H21N. The first-order chi connectivity index (χ1) is 7.15. The quantitative estimate of drug-likeness (QED) is 0.784. The molecule has 0 bridgehead atoms. The zero-order valence-corrected chi connectivity index (χ0v) is 9.84. The van der Waals surface area contributed by atoms with Gasteiger partial charge in [-0.1, -0.05) is 38.0 Å². The van der Waals surface area contributed by atoms with Gasteiger partial charge in [-0.05, 0) is 42.9 Å². The minimum atomic E-state index is -0.0307. The second-order valence-electron chi connectivity index (χ2n) is 4.86. The Morgan fingerprint density at radius 3 is 2.47 bits per heavy atom. The highest BCUT2D eigenvalue weighted by molar-refractivity contribution is 5.35. The topological polar surface area (TPSA) is 26.0 Å². The second-order valence-corrected chi connectivity index (χ2v) is 4.86. The summed E-state index contributed by atoms with van der Waals surface area (Å²) >= 11 is 0. The van der Waals surface area contributed by atoms with Crippen LogP contribution in [0.5, 0.6) is 0 Å². The third-order valence-electron chi connectivity index (χ3n) is 3.79. The number of aryl methyl sites for hydroxylation is 2. The van der Waals surface area contributed by atoms with Gasteiger partial charge in [0.15, 0.2) is 0 Å². The molecule has 1 aromatic rings. The van der Waals surface area contributed by atoms with Crippen molar-refractivity contribution in [3.8, 4) is 0 Å². The van der Waals surface area contributed by atoms with E-state index in [1.807, 2.05) is 0 Å². The maximum absolute atomic E-state index is 6.44. The van der Waals surface area contributed by atoms with Crippen LogP contribution in [0.1, 0.15) is 49.3 Å². The summed E-state index contributed by atoms with van der Waals surface area (Å²) < 4.78 is 0. The summed E-state index contributed by atoms with van der Waals surface area (Å²) in [5, 5.41) is 0. The lowest BCUT2D eigenvalue weighted by Gasteiger charge is -2.25. The van der Waals surface area contributed by atoms with Crippen molar-refractivity contribution >= 4 is 0 Å². The van der Waals surface area contributed by atoms with E-state index >= 15 is 0 Å². The van der Waals surface area contributed by atoms with Crippen LogP contribution in [0, 0.1) is 6.92 Å². The normalized spacial score (nSPS) is 19.4. The molecule has 1 heteroatoms. The molecular weight excluding hydrogens is 182 g/mol. The van der Waals surface area contributed by atoms with Gasteiger partial charge in [0.05, 0.1) is 0 Å². The van der Waals surface area contributed by atoms with Gasteiger partial charge in [-0.15, -0.1) is 0 Å². The molecule has 1 aromatic carbocycles. The van der Waals surface area contributed by atoms with Crippen molar-refractivity contribution < 1.29 is 0 Å². The summed E-state index contributed by atoms with van der Waals surface area (Å²) in [6.07, 6.45) is 5.98. The Labute approximate surface area is 92.7 Å². The lowest BCUT2D eigenvalue weighted by molar-refractivity contribution is 0.461. The van der Waals surface area contributed by atoms with Crippen LogP contribution < -0.4 is 5.73 Å². The first-order valence-corrected chi connectivity index (χ1v) is 6.04. The fourth-order valence-corrected chi connectivity index (χ4v) is 2.70. The van der Waals surface area contributed by atoms with Crippen molar-refractivity contribution in [1.29, 1.82) is 0 Å². The molecule has 2 N–H and O–H groups in total. The fourth-order valence-electron chi connectivity index (χ4n) is 2.70. The van der Waals surface area contributed by atoms with Crippen LogP contribution >= 0.6 is 0 Å². The van der Waals surface area contributed by atoms with E-state index in [0.717, 1.165) is 19.3 Å². The van der Waals surface area contributed by atoms with Crippen molar-refractivity contribution in [2.45, 2.75) is 51.5 Å². The van der Waals surface area contributed by atoms with Crippen molar-refractivity contribution in [2.75, 3.05) is 0 Å². The van der Waals surface area contributed by atoms with Gasteiger partial charge in [0.2, 0.25) is 0 Å². The fraction of sp³-hybridized carbons (Fsp3) is 0.571. The van der Waals surface area contributed by atoms with E-state index in [9.17, 15) is 0 Å². The lowest BCUT2D eigenvalue weighted by Crippen LogP contribution is -2.33. The second kappa shape index (κ2) is 3.97. The van der Waals surface area contributed by atoms with Crippen LogP contribution in [0.2, 0.25) is 0 Å². The molecule has 1 saturated carbocycles. The number of nitrogens with two attached hydrogens (primary N) is 1. The van der Waals surface area contributed by atoms with Gasteiger partial charge in [-0.3, -0.25) is 0 Å². The molecule has 0 radical (unpaired) electrons. The van der Waals surface area contributed by atoms with Crippen molar-refractivity contribution in [3.63, 3.8) is 0 Å². The molecule has 0 spiro atoms. The Balaban J connectivity index is 2.33. The van der Waals surface area contributed by atoms with Gasteiger partial charge in [0, 0.05) is 5.54 Å². The molecule has 0 unspecified atom stereocenters. The highest BCUT2D eigenvalue weighted by Crippen LogP contribution is 2.36. The molecule has 82 valence electrons. The minimum Gasteiger partial charge on any atom is -0.321 e. The molecule has 1 aliphatic carbocycles. The molecule has 0 aromatic heterocycles. The van der Waals surface area contributed by atoms with Crippen LogP contribution in [0.4, 0.5) is 0 Å². The van der Waals surface area contributed by atoms with Crippen molar-refractivity contribution in [3.05, 3.63) is 34.9 Å². The molecule has 2 rings (SSSR count). The Morgan fingerprint density at radius 2 is 1.93 bits per heavy atom. The lowest BCUT2D eigenvalue weighted by atomic mass is 9.87. The van der Waals surface area contributed by atoms with Gasteiger partial charge < -0.3 is 5.73 Å². The predicted octanol–water partition coefficient (Wildman–Crippen LogP) is 3.29. The average molecular weight is 203 g/mol. The number of hydrogen-bond donors (Lipinski definition) is 1. The van der Waals surface area contributed by atoms with Crippen molar-refractivity contribution in [2.24, 2.45) is 5.73 Å². The Bertz CT molecular complexity index is 348. The SMILES string of the molecule is CCc1ccc(C2(N)CCCC2)cc1C. The number of rotatable bonds is 2. The number of hydrogen-bond acceptors (Lipinski definition) is 1. The smallest absolute Gasteiger partial charge is 0.0409 e. The van der Waals surface area contributed by atoms with Crippen LogP contribution in [0.25, 0.3) is 0 Å². The molecule has 0 heterocycles. The summed E-state index contributed by atoms with van der Waals surface area (Å²) in [5.41, 5.74) is 10.6. The van der Waals surface area contributed by atoms with E-state index < -0.39 is 0 Å². The first kappa shape index (κ1) is 10.7. The highest BCUT2D eigenvalue weighted by atomic mass is 14.8. The zero-order chi connectivity index (χ0) is 10.9. The third-order valence-corrected chi connectivity index (χ3v) is 3.79. The molecule has 0 atom stereocenters. The maximum atomic E-state index is 6.44. The van der Waals surface area contributed by atoms with Crippen LogP contribution in [0.3, 0.4) is 0 Å². The van der Waals surface area contributed by atoms with E-state index in [4.69, 9.17) is 5.73 Å². The van der Waals surface area contributed by atoms with Gasteiger partial charge in [0.25, 0.3) is 0 Å². The van der Waals surface area contributed by atoms with E-state index in [-0.39, 0.29) is 5.54 Å². The molecule has 0 aliphatic heterocycles. The summed E-state index contributed by atoms with van der Waals surface area (Å²) in [6, 6.07) is 6.78. The summed E-state index contributed by atoms with van der Waals surface area (Å²) in [6.45, 7) is 4.40. The van der Waals surface area contributed by atoms with E-state index in [1.54, 1.807) is 0 Å².